The number of carbonyl (C=O) groups is 1. The van der Waals surface area contributed by atoms with E-state index in [2.05, 4.69) is 79.7 Å². The predicted octanol–water partition coefficient (Wildman–Crippen LogP) is 3.42. The largest absolute Gasteiger partial charge is 0.349 e. The van der Waals surface area contributed by atoms with Crippen LogP contribution in [-0.4, -0.2) is 12.5 Å². The molecule has 0 aromatic heterocycles. The molecule has 0 fully saturated rings. The summed E-state index contributed by atoms with van der Waals surface area (Å²) in [7, 11) is 0. The summed E-state index contributed by atoms with van der Waals surface area (Å²) >= 11 is 6.64. The van der Waals surface area contributed by atoms with E-state index >= 15 is 0 Å². The number of carbonyl (C=O) groups excluding carboxylic acids is 1. The Morgan fingerprint density at radius 2 is 2.07 bits per heavy atom. The topological polar surface area (TPSA) is 29.1 Å². The van der Waals surface area contributed by atoms with E-state index in [4.69, 9.17) is 0 Å². The molecule has 0 atom stereocenters. The second-order valence-electron chi connectivity index (χ2n) is 2.75. The molecule has 0 radical (unpaired) electrons. The molecule has 1 aromatic carbocycles. The van der Waals surface area contributed by atoms with Gasteiger partial charge in [-0.15, -0.1) is 6.58 Å². The van der Waals surface area contributed by atoms with Crippen molar-refractivity contribution in [2.45, 2.75) is 0 Å². The number of hydrogen-bond acceptors (Lipinski definition) is 1. The molecule has 2 nitrogen and oxygen atoms in total. The number of hydrogen-bond donors (Lipinski definition) is 1. The summed E-state index contributed by atoms with van der Waals surface area (Å²) < 4.78 is 3.17. The Balaban J connectivity index is 3.02. The van der Waals surface area contributed by atoms with Crippen molar-refractivity contribution < 1.29 is 4.79 Å². The van der Waals surface area contributed by atoms with Crippen molar-refractivity contribution in [2.75, 3.05) is 6.54 Å². The average molecular weight is 539 g/mol. The van der Waals surface area contributed by atoms with Gasteiger partial charge in [-0.2, -0.15) is 0 Å². The fourth-order valence-corrected chi connectivity index (χ4v) is 3.38. The van der Waals surface area contributed by atoms with E-state index < -0.39 is 0 Å². The minimum Gasteiger partial charge on any atom is -0.349 e. The predicted molar refractivity (Wildman–Crippen MR) is 87.1 cm³/mol. The molecule has 1 aromatic rings. The highest BCUT2D eigenvalue weighted by Crippen LogP contribution is 2.22. The summed E-state index contributed by atoms with van der Waals surface area (Å²) in [6, 6.07) is 3.94. The fraction of sp³-hybridized carbons (Fsp3) is 0.100. The van der Waals surface area contributed by atoms with Gasteiger partial charge in [-0.3, -0.25) is 4.79 Å². The van der Waals surface area contributed by atoms with Gasteiger partial charge in [-0.25, -0.2) is 0 Å². The zero-order valence-corrected chi connectivity index (χ0v) is 14.2. The average Bonchev–Trinajstić information content (AvgIpc) is 2.19. The van der Waals surface area contributed by atoms with Crippen LogP contribution in [0.4, 0.5) is 0 Å². The van der Waals surface area contributed by atoms with Crippen LogP contribution in [0.1, 0.15) is 10.4 Å². The van der Waals surface area contributed by atoms with Crippen LogP contribution in [0.5, 0.6) is 0 Å². The SMILES string of the molecule is C=CCNC(=O)c1cc(I)cc(I)c1I. The fourth-order valence-electron chi connectivity index (χ4n) is 0.981. The minimum absolute atomic E-state index is 0.0456. The van der Waals surface area contributed by atoms with Crippen LogP contribution in [0, 0.1) is 10.7 Å². The molecule has 1 N–H and O–H groups in total. The smallest absolute Gasteiger partial charge is 0.252 e. The number of benzene rings is 1. The molecule has 0 heterocycles. The van der Waals surface area contributed by atoms with Gasteiger partial charge in [0.25, 0.3) is 5.91 Å². The van der Waals surface area contributed by atoms with Gasteiger partial charge in [0.1, 0.15) is 0 Å². The third-order valence-electron chi connectivity index (χ3n) is 1.64. The van der Waals surface area contributed by atoms with Crippen LogP contribution in [0.15, 0.2) is 24.8 Å². The first-order valence-corrected chi connectivity index (χ1v) is 7.33. The zero-order valence-electron chi connectivity index (χ0n) is 7.69. The molecule has 0 saturated heterocycles. The molecule has 0 spiro atoms. The van der Waals surface area contributed by atoms with E-state index in [0.717, 1.165) is 16.3 Å². The summed E-state index contributed by atoms with van der Waals surface area (Å²) in [5.41, 5.74) is 0.730. The molecule has 80 valence electrons. The van der Waals surface area contributed by atoms with Gasteiger partial charge >= 0.3 is 0 Å². The molecule has 0 unspecified atom stereocenters. The second kappa shape index (κ2) is 6.38. The van der Waals surface area contributed by atoms with E-state index in [1.807, 2.05) is 12.1 Å². The Morgan fingerprint density at radius 1 is 1.40 bits per heavy atom. The molecule has 5 heteroatoms. The summed E-state index contributed by atoms with van der Waals surface area (Å²) in [6.45, 7) is 4.06. The van der Waals surface area contributed by atoms with E-state index in [-0.39, 0.29) is 5.91 Å². The van der Waals surface area contributed by atoms with Gasteiger partial charge < -0.3 is 5.32 Å². The number of amides is 1. The summed E-state index contributed by atoms with van der Waals surface area (Å²) in [5, 5.41) is 2.78. The van der Waals surface area contributed by atoms with E-state index in [0.29, 0.717) is 6.54 Å². The van der Waals surface area contributed by atoms with E-state index in [1.165, 1.54) is 0 Å². The van der Waals surface area contributed by atoms with Crippen molar-refractivity contribution in [2.24, 2.45) is 0 Å². The third-order valence-corrected chi connectivity index (χ3v) is 5.31. The third kappa shape index (κ3) is 3.84. The van der Waals surface area contributed by atoms with Crippen LogP contribution in [-0.2, 0) is 0 Å². The van der Waals surface area contributed by atoms with Gasteiger partial charge in [0.05, 0.1) is 5.56 Å². The van der Waals surface area contributed by atoms with Gasteiger partial charge in [0.2, 0.25) is 0 Å². The molecule has 15 heavy (non-hydrogen) atoms. The highest BCUT2D eigenvalue weighted by Gasteiger charge is 2.12. The van der Waals surface area contributed by atoms with Gasteiger partial charge in [0, 0.05) is 17.3 Å². The molecule has 0 aliphatic carbocycles. The lowest BCUT2D eigenvalue weighted by atomic mass is 10.2. The lowest BCUT2D eigenvalue weighted by Gasteiger charge is -2.07. The Kier molecular flexibility index (Phi) is 5.82. The number of nitrogens with one attached hydrogen (secondary N) is 1. The normalized spacial score (nSPS) is 9.80. The lowest BCUT2D eigenvalue weighted by molar-refractivity contribution is 0.0957. The highest BCUT2D eigenvalue weighted by molar-refractivity contribution is 14.1. The Labute approximate surface area is 130 Å². The molecular formula is C10H8I3NO. The standard InChI is InChI=1S/C10H8I3NO/c1-2-3-14-10(15)7-4-6(11)5-8(12)9(7)13/h2,4-5H,1,3H2,(H,14,15). The molecule has 0 bridgehead atoms. The number of halogens is 3. The Hall–Kier alpha value is 0.620. The zero-order chi connectivity index (χ0) is 11.4. The summed E-state index contributed by atoms with van der Waals surface area (Å²) in [6.07, 6.45) is 1.67. The highest BCUT2D eigenvalue weighted by atomic mass is 127. The maximum Gasteiger partial charge on any atom is 0.252 e. The lowest BCUT2D eigenvalue weighted by Crippen LogP contribution is -2.24. The maximum absolute atomic E-state index is 11.8. The second-order valence-corrected chi connectivity index (χ2v) is 6.23. The van der Waals surface area contributed by atoms with Gasteiger partial charge in [0.15, 0.2) is 0 Å². The summed E-state index contributed by atoms with van der Waals surface area (Å²) in [5.74, 6) is -0.0456. The first-order valence-electron chi connectivity index (χ1n) is 4.10. The first kappa shape index (κ1) is 13.7. The molecule has 1 rings (SSSR count). The minimum atomic E-state index is -0.0456. The summed E-state index contributed by atoms with van der Waals surface area (Å²) in [4.78, 5) is 11.8. The van der Waals surface area contributed by atoms with Crippen LogP contribution < -0.4 is 5.32 Å². The van der Waals surface area contributed by atoms with Gasteiger partial charge in [-0.05, 0) is 79.9 Å². The quantitative estimate of drug-likeness (QED) is 0.357. The van der Waals surface area contributed by atoms with Crippen LogP contribution in [0.2, 0.25) is 0 Å². The van der Waals surface area contributed by atoms with E-state index in [9.17, 15) is 4.79 Å². The molecular weight excluding hydrogens is 531 g/mol. The number of rotatable bonds is 3. The van der Waals surface area contributed by atoms with Crippen LogP contribution in [0.25, 0.3) is 0 Å². The van der Waals surface area contributed by atoms with E-state index in [1.54, 1.807) is 6.08 Å². The van der Waals surface area contributed by atoms with Crippen molar-refractivity contribution in [3.63, 3.8) is 0 Å². The van der Waals surface area contributed by atoms with Crippen molar-refractivity contribution >= 4 is 73.7 Å². The molecule has 0 aliphatic rings. The molecule has 1 amide bonds. The van der Waals surface area contributed by atoms with Crippen LogP contribution >= 0.6 is 67.8 Å². The molecule has 0 aliphatic heterocycles. The Bertz CT molecular complexity index is 404. The molecule has 0 saturated carbocycles. The van der Waals surface area contributed by atoms with Crippen LogP contribution in [0.3, 0.4) is 0 Å². The first-order chi connectivity index (χ1) is 7.06. The Morgan fingerprint density at radius 3 is 2.67 bits per heavy atom. The van der Waals surface area contributed by atoms with Crippen molar-refractivity contribution in [3.05, 3.63) is 41.1 Å². The van der Waals surface area contributed by atoms with Crippen molar-refractivity contribution in [1.82, 2.24) is 5.32 Å². The maximum atomic E-state index is 11.8. The monoisotopic (exact) mass is 539 g/mol. The van der Waals surface area contributed by atoms with Crippen molar-refractivity contribution in [1.29, 1.82) is 0 Å². The van der Waals surface area contributed by atoms with Gasteiger partial charge in [-0.1, -0.05) is 6.08 Å². The van der Waals surface area contributed by atoms with Crippen molar-refractivity contribution in [3.8, 4) is 0 Å².